The van der Waals surface area contributed by atoms with Gasteiger partial charge in [-0.25, -0.2) is 9.97 Å². The number of fused-ring (bicyclic) bond motifs is 8. The first-order chi connectivity index (χ1) is 29.7. The van der Waals surface area contributed by atoms with Crippen LogP contribution in [0.5, 0.6) is 0 Å². The fourth-order valence-corrected chi connectivity index (χ4v) is 13.4. The van der Waals surface area contributed by atoms with E-state index in [1.165, 1.54) is 129 Å². The minimum Gasteiger partial charge on any atom is -0.358 e. The summed E-state index contributed by atoms with van der Waals surface area (Å²) in [5, 5.41) is 0. The maximum atomic E-state index is 5.25. The molecule has 0 amide bonds. The van der Waals surface area contributed by atoms with Crippen LogP contribution in [0.15, 0.2) is 85.5 Å². The number of likely N-dealkylation sites (tertiary alicyclic amines) is 1. The van der Waals surface area contributed by atoms with Gasteiger partial charge in [0.15, 0.2) is 0 Å². The van der Waals surface area contributed by atoms with Crippen molar-refractivity contribution in [2.75, 3.05) is 42.5 Å². The standard InChI is InChI=1S/C51H61N9/c1-7-37-16-17-38-9-4-24-52-49(38)48(37)41(8-1)31-42-33-59-44(54-42)12-2-14-46(59)56-27-20-35(21-28-56)36-22-29-57(30-23-36)47-15-3-13-45-55-43(34-60(45)47)32-58-26-6-11-40-19-18-39-10-5-25-53-50(39)51(40)58/h2-5,9-10,12-15,24-25,33-37,40-41,48,51H,1,6-8,11,16-23,26-32H2/t37-,40-,41?,48+,51-/m0/s1. The quantitative estimate of drug-likeness (QED) is 0.159. The van der Waals surface area contributed by atoms with Gasteiger partial charge in [-0.15, -0.1) is 0 Å². The normalized spacial score (nSPS) is 26.5. The Morgan fingerprint density at radius 2 is 1.12 bits per heavy atom. The smallest absolute Gasteiger partial charge is 0.138 e. The molecule has 0 radical (unpaired) electrons. The Balaban J connectivity index is 0.685. The highest BCUT2D eigenvalue weighted by molar-refractivity contribution is 5.54. The lowest BCUT2D eigenvalue weighted by atomic mass is 9.64. The van der Waals surface area contributed by atoms with Gasteiger partial charge in [-0.2, -0.15) is 0 Å². The fourth-order valence-electron chi connectivity index (χ4n) is 13.4. The average Bonchev–Trinajstić information content (AvgIpc) is 3.92. The Bertz CT molecular complexity index is 2300. The Kier molecular flexibility index (Phi) is 9.64. The van der Waals surface area contributed by atoms with E-state index in [-0.39, 0.29) is 0 Å². The lowest BCUT2D eigenvalue weighted by Gasteiger charge is -2.44. The van der Waals surface area contributed by atoms with Crippen LogP contribution in [0, 0.1) is 29.6 Å². The zero-order valence-electron chi connectivity index (χ0n) is 35.3. The predicted octanol–water partition coefficient (Wildman–Crippen LogP) is 9.49. The minimum atomic E-state index is 0.421. The van der Waals surface area contributed by atoms with Gasteiger partial charge in [-0.05, 0) is 167 Å². The summed E-state index contributed by atoms with van der Waals surface area (Å²) in [6.07, 6.45) is 26.4. The van der Waals surface area contributed by atoms with Crippen molar-refractivity contribution in [1.29, 1.82) is 0 Å². The molecule has 0 N–H and O–H groups in total. The van der Waals surface area contributed by atoms with E-state index >= 15 is 0 Å². The second kappa shape index (κ2) is 15.6. The third kappa shape index (κ3) is 6.70. The summed E-state index contributed by atoms with van der Waals surface area (Å²) < 4.78 is 4.78. The van der Waals surface area contributed by atoms with Crippen LogP contribution in [0.2, 0.25) is 0 Å². The zero-order valence-corrected chi connectivity index (χ0v) is 35.3. The molecule has 6 aliphatic rings. The van der Waals surface area contributed by atoms with E-state index in [4.69, 9.17) is 19.9 Å². The summed E-state index contributed by atoms with van der Waals surface area (Å²) in [7, 11) is 0. The Hall–Kier alpha value is -4.76. The summed E-state index contributed by atoms with van der Waals surface area (Å²) in [5.74, 6) is 6.93. The first-order valence-electron chi connectivity index (χ1n) is 23.8. The zero-order chi connectivity index (χ0) is 39.6. The molecule has 1 saturated carbocycles. The van der Waals surface area contributed by atoms with Crippen LogP contribution in [0.4, 0.5) is 11.6 Å². The topological polar surface area (TPSA) is 70.1 Å². The van der Waals surface area contributed by atoms with Gasteiger partial charge in [0.05, 0.1) is 23.1 Å². The van der Waals surface area contributed by atoms with Gasteiger partial charge in [0, 0.05) is 69.1 Å². The van der Waals surface area contributed by atoms with Crippen molar-refractivity contribution in [3.63, 3.8) is 0 Å². The maximum absolute atomic E-state index is 5.25. The van der Waals surface area contributed by atoms with E-state index in [0.29, 0.717) is 23.8 Å². The van der Waals surface area contributed by atoms with Gasteiger partial charge in [-0.3, -0.25) is 23.7 Å². The molecule has 4 fully saturated rings. The summed E-state index contributed by atoms with van der Waals surface area (Å²) in [4.78, 5) is 28.3. The highest BCUT2D eigenvalue weighted by Gasteiger charge is 2.40. The number of aromatic nitrogens is 6. The number of rotatable bonds is 7. The number of nitrogens with zero attached hydrogens (tertiary/aromatic N) is 9. The molecular weight excluding hydrogens is 739 g/mol. The molecule has 9 heteroatoms. The minimum absolute atomic E-state index is 0.421. The van der Waals surface area contributed by atoms with Crippen molar-refractivity contribution in [2.45, 2.75) is 108 Å². The molecular formula is C51H61N9. The number of piperidine rings is 3. The van der Waals surface area contributed by atoms with Crippen LogP contribution >= 0.6 is 0 Å². The molecule has 9 heterocycles. The molecule has 3 saturated heterocycles. The third-order valence-corrected chi connectivity index (χ3v) is 16.3. The van der Waals surface area contributed by atoms with Gasteiger partial charge in [0.25, 0.3) is 0 Å². The largest absolute Gasteiger partial charge is 0.358 e. The van der Waals surface area contributed by atoms with Gasteiger partial charge >= 0.3 is 0 Å². The second-order valence-electron chi connectivity index (χ2n) is 19.5. The number of imidazole rings is 2. The number of hydrogen-bond donors (Lipinski definition) is 0. The van der Waals surface area contributed by atoms with E-state index in [9.17, 15) is 0 Å². The van der Waals surface area contributed by atoms with E-state index in [1.807, 2.05) is 12.4 Å². The number of pyridine rings is 4. The lowest BCUT2D eigenvalue weighted by Crippen LogP contribution is -2.41. The Morgan fingerprint density at radius 1 is 0.517 bits per heavy atom. The van der Waals surface area contributed by atoms with Gasteiger partial charge in [0.2, 0.25) is 0 Å². The van der Waals surface area contributed by atoms with E-state index < -0.39 is 0 Å². The predicted molar refractivity (Wildman–Crippen MR) is 239 cm³/mol. The Labute approximate surface area is 355 Å². The van der Waals surface area contributed by atoms with Crippen molar-refractivity contribution in [3.8, 4) is 0 Å². The molecule has 310 valence electrons. The fraction of sp³-hybridized carbons (Fsp3) is 0.529. The summed E-state index contributed by atoms with van der Waals surface area (Å²) in [6.45, 7) is 6.52. The molecule has 5 atom stereocenters. The monoisotopic (exact) mass is 800 g/mol. The highest BCUT2D eigenvalue weighted by atomic mass is 15.3. The molecule has 3 aliphatic heterocycles. The molecule has 60 heavy (non-hydrogen) atoms. The summed E-state index contributed by atoms with van der Waals surface area (Å²) >= 11 is 0. The molecule has 12 rings (SSSR count). The summed E-state index contributed by atoms with van der Waals surface area (Å²) in [5.41, 5.74) is 10.3. The molecule has 1 unspecified atom stereocenters. The van der Waals surface area contributed by atoms with Crippen molar-refractivity contribution in [3.05, 3.63) is 119 Å². The van der Waals surface area contributed by atoms with Crippen LogP contribution in [-0.2, 0) is 25.8 Å². The van der Waals surface area contributed by atoms with E-state index in [2.05, 4.69) is 96.6 Å². The third-order valence-electron chi connectivity index (χ3n) is 16.3. The molecule has 0 bridgehead atoms. The first kappa shape index (κ1) is 37.0. The highest BCUT2D eigenvalue weighted by Crippen LogP contribution is 2.49. The summed E-state index contributed by atoms with van der Waals surface area (Å²) in [6, 6.07) is 22.8. The van der Waals surface area contributed by atoms with E-state index in [0.717, 1.165) is 74.7 Å². The maximum Gasteiger partial charge on any atom is 0.138 e. The molecule has 0 spiro atoms. The van der Waals surface area contributed by atoms with Crippen molar-refractivity contribution in [2.24, 2.45) is 29.6 Å². The van der Waals surface area contributed by atoms with Crippen LogP contribution in [0.3, 0.4) is 0 Å². The Morgan fingerprint density at radius 3 is 1.82 bits per heavy atom. The molecule has 6 aromatic rings. The SMILES string of the molecule is c1cnc2c(c1)CC[C@@H]1CCCN(Cc3cn4c(N5CCC(C6CCN(c7cccc8nc(CC9CCC[C@H]%10CCc%11cccnc%11[C@@H]9%10)cn78)CC6)CC5)cccc4n3)[C@H]21. The van der Waals surface area contributed by atoms with Crippen LogP contribution in [0.25, 0.3) is 11.3 Å². The van der Waals surface area contributed by atoms with Crippen LogP contribution in [-0.4, -0.2) is 66.4 Å². The lowest BCUT2D eigenvalue weighted by molar-refractivity contribution is 0.0687. The number of hydrogen-bond acceptors (Lipinski definition) is 7. The number of aryl methyl sites for hydroxylation is 2. The van der Waals surface area contributed by atoms with Gasteiger partial charge in [0.1, 0.15) is 22.9 Å². The second-order valence-corrected chi connectivity index (χ2v) is 19.5. The van der Waals surface area contributed by atoms with E-state index in [1.54, 1.807) is 0 Å². The van der Waals surface area contributed by atoms with Gasteiger partial charge in [-0.1, -0.05) is 30.7 Å². The average molecular weight is 800 g/mol. The molecule has 0 aromatic carbocycles. The molecule has 3 aliphatic carbocycles. The van der Waals surface area contributed by atoms with Crippen molar-refractivity contribution < 1.29 is 0 Å². The van der Waals surface area contributed by atoms with Crippen LogP contribution in [0.1, 0.15) is 116 Å². The van der Waals surface area contributed by atoms with Crippen molar-refractivity contribution >= 4 is 22.9 Å². The number of anilines is 2. The first-order valence-corrected chi connectivity index (χ1v) is 23.8. The molecule has 6 aromatic heterocycles. The van der Waals surface area contributed by atoms with Crippen LogP contribution < -0.4 is 9.80 Å². The molecule has 9 nitrogen and oxygen atoms in total. The van der Waals surface area contributed by atoms with Crippen molar-refractivity contribution in [1.82, 2.24) is 33.6 Å². The van der Waals surface area contributed by atoms with Gasteiger partial charge < -0.3 is 9.80 Å².